The molecule has 2 N–H and O–H groups in total. The molecule has 0 fully saturated rings. The van der Waals surface area contributed by atoms with E-state index in [2.05, 4.69) is 17.2 Å². The molecule has 0 aliphatic heterocycles. The van der Waals surface area contributed by atoms with E-state index in [1.807, 2.05) is 18.4 Å². The summed E-state index contributed by atoms with van der Waals surface area (Å²) in [6.45, 7) is 3.23. The van der Waals surface area contributed by atoms with E-state index in [9.17, 15) is 4.79 Å². The number of thiophene rings is 1. The number of carbonyl (C=O) groups is 1. The van der Waals surface area contributed by atoms with Crippen LogP contribution < -0.4 is 5.32 Å². The molecule has 2 amide bonds. The minimum atomic E-state index is -0.0705. The van der Waals surface area contributed by atoms with Crippen molar-refractivity contribution in [3.63, 3.8) is 0 Å². The van der Waals surface area contributed by atoms with Crippen LogP contribution in [0.4, 0.5) is 4.79 Å². The standard InChI is InChI=1S/C13H18N2O2S/c1-3-15(2)13(17)14-9-12-8-11(10-18-12)6-4-5-7-16/h8,10,16H,3,5,7,9H2,1-2H3,(H,14,17). The van der Waals surface area contributed by atoms with Crippen LogP contribution in [0.5, 0.6) is 0 Å². The van der Waals surface area contributed by atoms with Crippen LogP contribution in [0, 0.1) is 11.8 Å². The average molecular weight is 266 g/mol. The second-order valence-corrected chi connectivity index (χ2v) is 4.75. The molecule has 0 spiro atoms. The third kappa shape index (κ3) is 4.78. The molecule has 0 bridgehead atoms. The maximum atomic E-state index is 11.5. The van der Waals surface area contributed by atoms with Gasteiger partial charge < -0.3 is 15.3 Å². The fraction of sp³-hybridized carbons (Fsp3) is 0.462. The second kappa shape index (κ2) is 7.75. The molecule has 0 saturated heterocycles. The lowest BCUT2D eigenvalue weighted by molar-refractivity contribution is 0.210. The number of nitrogens with zero attached hydrogens (tertiary/aromatic N) is 1. The number of hydrogen-bond donors (Lipinski definition) is 2. The van der Waals surface area contributed by atoms with Crippen molar-refractivity contribution in [2.24, 2.45) is 0 Å². The molecular formula is C13H18N2O2S. The predicted octanol–water partition coefficient (Wildman–Crippen LogP) is 1.64. The van der Waals surface area contributed by atoms with Gasteiger partial charge in [0.2, 0.25) is 0 Å². The molecule has 18 heavy (non-hydrogen) atoms. The van der Waals surface area contributed by atoms with Gasteiger partial charge in [0, 0.05) is 35.8 Å². The lowest BCUT2D eigenvalue weighted by Crippen LogP contribution is -2.36. The third-order valence-corrected chi connectivity index (χ3v) is 3.29. The van der Waals surface area contributed by atoms with Crippen LogP contribution in [0.15, 0.2) is 11.4 Å². The number of amides is 2. The van der Waals surface area contributed by atoms with Crippen LogP contribution in [0.25, 0.3) is 0 Å². The first-order valence-electron chi connectivity index (χ1n) is 5.83. The van der Waals surface area contributed by atoms with Gasteiger partial charge in [-0.05, 0) is 13.0 Å². The van der Waals surface area contributed by atoms with E-state index in [-0.39, 0.29) is 12.6 Å². The smallest absolute Gasteiger partial charge is 0.317 e. The van der Waals surface area contributed by atoms with E-state index in [1.165, 1.54) is 0 Å². The molecular weight excluding hydrogens is 248 g/mol. The highest BCUT2D eigenvalue weighted by Crippen LogP contribution is 2.13. The summed E-state index contributed by atoms with van der Waals surface area (Å²) >= 11 is 1.57. The van der Waals surface area contributed by atoms with E-state index in [1.54, 1.807) is 23.3 Å². The van der Waals surface area contributed by atoms with Crippen molar-refractivity contribution < 1.29 is 9.90 Å². The van der Waals surface area contributed by atoms with Gasteiger partial charge in [-0.25, -0.2) is 4.79 Å². The van der Waals surface area contributed by atoms with Crippen molar-refractivity contribution in [1.82, 2.24) is 10.2 Å². The molecule has 5 heteroatoms. The van der Waals surface area contributed by atoms with Crippen molar-refractivity contribution in [2.45, 2.75) is 19.9 Å². The second-order valence-electron chi connectivity index (χ2n) is 3.75. The zero-order valence-corrected chi connectivity index (χ0v) is 11.5. The van der Waals surface area contributed by atoms with E-state index < -0.39 is 0 Å². The average Bonchev–Trinajstić information content (AvgIpc) is 2.83. The van der Waals surface area contributed by atoms with Gasteiger partial charge in [-0.1, -0.05) is 11.8 Å². The third-order valence-electron chi connectivity index (χ3n) is 2.36. The number of urea groups is 1. The van der Waals surface area contributed by atoms with Gasteiger partial charge in [-0.15, -0.1) is 11.3 Å². The summed E-state index contributed by atoms with van der Waals surface area (Å²) in [5, 5.41) is 13.4. The summed E-state index contributed by atoms with van der Waals surface area (Å²) < 4.78 is 0. The molecule has 1 aromatic heterocycles. The Bertz CT molecular complexity index is 445. The Morgan fingerprint density at radius 1 is 1.61 bits per heavy atom. The van der Waals surface area contributed by atoms with Crippen LogP contribution in [-0.4, -0.2) is 36.2 Å². The SMILES string of the molecule is CCN(C)C(=O)NCc1cc(C#CCCO)cs1. The highest BCUT2D eigenvalue weighted by Gasteiger charge is 2.05. The molecule has 0 unspecified atom stereocenters. The highest BCUT2D eigenvalue weighted by atomic mass is 32.1. The fourth-order valence-electron chi connectivity index (χ4n) is 1.20. The van der Waals surface area contributed by atoms with E-state index in [4.69, 9.17) is 5.11 Å². The van der Waals surface area contributed by atoms with Gasteiger partial charge in [0.1, 0.15) is 0 Å². The normalized spacial score (nSPS) is 9.50. The summed E-state index contributed by atoms with van der Waals surface area (Å²) in [4.78, 5) is 14.2. The lowest BCUT2D eigenvalue weighted by Gasteiger charge is -2.14. The number of hydrogen-bond acceptors (Lipinski definition) is 3. The largest absolute Gasteiger partial charge is 0.395 e. The van der Waals surface area contributed by atoms with Crippen molar-refractivity contribution >= 4 is 17.4 Å². The molecule has 4 nitrogen and oxygen atoms in total. The molecule has 1 heterocycles. The number of aliphatic hydroxyl groups excluding tert-OH is 1. The molecule has 0 aliphatic rings. The minimum absolute atomic E-state index is 0.0705. The number of rotatable bonds is 4. The molecule has 0 atom stereocenters. The van der Waals surface area contributed by atoms with Crippen LogP contribution in [0.1, 0.15) is 23.8 Å². The first-order valence-corrected chi connectivity index (χ1v) is 6.71. The monoisotopic (exact) mass is 266 g/mol. The molecule has 0 aromatic carbocycles. The Morgan fingerprint density at radius 2 is 2.39 bits per heavy atom. The minimum Gasteiger partial charge on any atom is -0.395 e. The van der Waals surface area contributed by atoms with Crippen molar-refractivity contribution in [2.75, 3.05) is 20.2 Å². The van der Waals surface area contributed by atoms with E-state index in [0.717, 1.165) is 10.4 Å². The first kappa shape index (κ1) is 14.6. The lowest BCUT2D eigenvalue weighted by atomic mass is 10.3. The molecule has 98 valence electrons. The molecule has 0 saturated carbocycles. The van der Waals surface area contributed by atoms with E-state index in [0.29, 0.717) is 19.5 Å². The van der Waals surface area contributed by atoms with Crippen LogP contribution >= 0.6 is 11.3 Å². The van der Waals surface area contributed by atoms with Gasteiger partial charge in [0.15, 0.2) is 0 Å². The summed E-state index contributed by atoms with van der Waals surface area (Å²) in [6.07, 6.45) is 0.489. The Balaban J connectivity index is 2.45. The number of nitrogens with one attached hydrogen (secondary N) is 1. The highest BCUT2D eigenvalue weighted by molar-refractivity contribution is 7.10. The summed E-state index contributed by atoms with van der Waals surface area (Å²) in [5.41, 5.74) is 0.932. The van der Waals surface area contributed by atoms with Crippen molar-refractivity contribution in [3.05, 3.63) is 21.9 Å². The van der Waals surface area contributed by atoms with Crippen LogP contribution in [0.3, 0.4) is 0 Å². The molecule has 0 radical (unpaired) electrons. The maximum Gasteiger partial charge on any atom is 0.317 e. The summed E-state index contributed by atoms with van der Waals surface area (Å²) in [7, 11) is 1.76. The Labute approximate surface area is 112 Å². The van der Waals surface area contributed by atoms with Crippen molar-refractivity contribution in [3.8, 4) is 11.8 Å². The van der Waals surface area contributed by atoms with Crippen LogP contribution in [0.2, 0.25) is 0 Å². The number of aliphatic hydroxyl groups is 1. The van der Waals surface area contributed by atoms with Crippen LogP contribution in [-0.2, 0) is 6.54 Å². The predicted molar refractivity (Wildman–Crippen MR) is 73.4 cm³/mol. The zero-order chi connectivity index (χ0) is 13.4. The van der Waals surface area contributed by atoms with Gasteiger partial charge in [-0.2, -0.15) is 0 Å². The summed E-state index contributed by atoms with van der Waals surface area (Å²) in [5.74, 6) is 5.83. The van der Waals surface area contributed by atoms with Gasteiger partial charge in [-0.3, -0.25) is 0 Å². The van der Waals surface area contributed by atoms with Crippen molar-refractivity contribution in [1.29, 1.82) is 0 Å². The molecule has 0 aliphatic carbocycles. The van der Waals surface area contributed by atoms with Gasteiger partial charge >= 0.3 is 6.03 Å². The Hall–Kier alpha value is -1.51. The van der Waals surface area contributed by atoms with Gasteiger partial charge in [0.05, 0.1) is 13.2 Å². The molecule has 1 rings (SSSR count). The maximum absolute atomic E-state index is 11.5. The quantitative estimate of drug-likeness (QED) is 0.814. The first-order chi connectivity index (χ1) is 8.67. The van der Waals surface area contributed by atoms with E-state index >= 15 is 0 Å². The zero-order valence-electron chi connectivity index (χ0n) is 10.7. The topological polar surface area (TPSA) is 52.6 Å². The molecule has 1 aromatic rings. The Kier molecular flexibility index (Phi) is 6.26. The summed E-state index contributed by atoms with van der Waals surface area (Å²) in [6, 6.07) is 1.89. The fourth-order valence-corrected chi connectivity index (χ4v) is 1.96. The Morgan fingerprint density at radius 3 is 3.06 bits per heavy atom. The number of carbonyl (C=O) groups excluding carboxylic acids is 1. The van der Waals surface area contributed by atoms with Gasteiger partial charge in [0.25, 0.3) is 0 Å².